The first-order chi connectivity index (χ1) is 31.5. The minimum absolute atomic E-state index is 0.00271. The van der Waals surface area contributed by atoms with Crippen LogP contribution in [0.25, 0.3) is 0 Å². The predicted molar refractivity (Wildman–Crippen MR) is 278 cm³/mol. The second kappa shape index (κ2) is 53.4. The number of esters is 1. The normalized spacial score (nSPS) is 13.0. The molecule has 64 heavy (non-hydrogen) atoms. The zero-order valence-electron chi connectivity index (χ0n) is 42.5. The lowest BCUT2D eigenvalue weighted by atomic mass is 10.1. The van der Waals surface area contributed by atoms with Gasteiger partial charge in [-0.25, -0.2) is 0 Å². The third kappa shape index (κ3) is 49.3. The number of allylic oxidation sites excluding steroid dienone is 7. The van der Waals surface area contributed by atoms with E-state index < -0.39 is 12.1 Å². The van der Waals surface area contributed by atoms with Crippen LogP contribution in [0.2, 0.25) is 0 Å². The number of ether oxygens (including phenoxy) is 1. The van der Waals surface area contributed by atoms with Crippen LogP contribution in [0.4, 0.5) is 0 Å². The third-order valence-corrected chi connectivity index (χ3v) is 12.6. The van der Waals surface area contributed by atoms with Gasteiger partial charge in [0.2, 0.25) is 5.91 Å². The fourth-order valence-corrected chi connectivity index (χ4v) is 8.25. The molecule has 0 heterocycles. The number of unbranched alkanes of at least 4 members (excludes halogenated alkanes) is 34. The molecule has 0 radical (unpaired) electrons. The number of rotatable bonds is 51. The average Bonchev–Trinajstić information content (AvgIpc) is 3.29. The van der Waals surface area contributed by atoms with Gasteiger partial charge < -0.3 is 20.3 Å². The number of aliphatic hydroxyl groups is 2. The van der Waals surface area contributed by atoms with Crippen molar-refractivity contribution in [2.24, 2.45) is 0 Å². The van der Waals surface area contributed by atoms with E-state index in [4.69, 9.17) is 4.74 Å². The summed E-state index contributed by atoms with van der Waals surface area (Å²) in [5.74, 6) is -0.0832. The van der Waals surface area contributed by atoms with Crippen molar-refractivity contribution in [1.82, 2.24) is 5.32 Å². The summed E-state index contributed by atoms with van der Waals surface area (Å²) in [6.45, 7) is 4.84. The molecule has 0 aromatic heterocycles. The Morgan fingerprint density at radius 3 is 1.22 bits per heavy atom. The summed E-state index contributed by atoms with van der Waals surface area (Å²) in [5.41, 5.74) is 0. The summed E-state index contributed by atoms with van der Waals surface area (Å²) < 4.78 is 5.48. The highest BCUT2D eigenvalue weighted by Crippen LogP contribution is 2.15. The monoisotopic (exact) mass is 898 g/mol. The van der Waals surface area contributed by atoms with Crippen LogP contribution in [0.5, 0.6) is 0 Å². The SMILES string of the molecule is CCCCCC/C=C\C/C=C\CCCCCCCCCC(=O)OCCCCCCCCCCC/C=C\CCCCCCCCCC(=O)NC(CO)C(O)/C=C/CCCCCCCCC. The van der Waals surface area contributed by atoms with Crippen molar-refractivity contribution in [3.8, 4) is 0 Å². The molecule has 0 bridgehead atoms. The van der Waals surface area contributed by atoms with Crippen LogP contribution >= 0.6 is 0 Å². The lowest BCUT2D eigenvalue weighted by molar-refractivity contribution is -0.143. The van der Waals surface area contributed by atoms with E-state index in [9.17, 15) is 19.8 Å². The van der Waals surface area contributed by atoms with Gasteiger partial charge in [0.1, 0.15) is 0 Å². The molecule has 3 N–H and O–H groups in total. The summed E-state index contributed by atoms with van der Waals surface area (Å²) in [7, 11) is 0. The van der Waals surface area contributed by atoms with Crippen molar-refractivity contribution in [1.29, 1.82) is 0 Å². The Bertz CT molecular complexity index is 1080. The van der Waals surface area contributed by atoms with Crippen molar-refractivity contribution in [3.05, 3.63) is 48.6 Å². The molecule has 0 aliphatic rings. The molecule has 2 unspecified atom stereocenters. The molecule has 0 fully saturated rings. The molecule has 0 aliphatic carbocycles. The van der Waals surface area contributed by atoms with Crippen LogP contribution in [0.15, 0.2) is 48.6 Å². The largest absolute Gasteiger partial charge is 0.466 e. The van der Waals surface area contributed by atoms with E-state index >= 15 is 0 Å². The number of hydrogen-bond acceptors (Lipinski definition) is 5. The number of aliphatic hydroxyl groups excluding tert-OH is 2. The van der Waals surface area contributed by atoms with Gasteiger partial charge in [-0.15, -0.1) is 0 Å². The topological polar surface area (TPSA) is 95.9 Å². The standard InChI is InChI=1S/C58H107NO5/c1-3-5-7-9-11-13-14-15-16-17-23-26-29-32-36-40-44-48-52-58(63)64-53-49-45-41-37-33-30-27-24-21-19-18-20-22-25-28-31-35-39-43-47-51-57(62)59-55(54-60)56(61)50-46-42-38-34-12-10-8-6-4-2/h13-14,16-18,20,46,50,55-56,60-61H,3-12,15,19,21-45,47-49,51-54H2,1-2H3,(H,59,62)/b14-13-,17-16-,20-18-,50-46+. The van der Waals surface area contributed by atoms with Crippen LogP contribution in [0.1, 0.15) is 284 Å². The Labute approximate surface area is 397 Å². The van der Waals surface area contributed by atoms with Gasteiger partial charge in [0.25, 0.3) is 0 Å². The van der Waals surface area contributed by atoms with E-state index in [1.54, 1.807) is 6.08 Å². The van der Waals surface area contributed by atoms with Gasteiger partial charge in [0.15, 0.2) is 0 Å². The molecule has 2 atom stereocenters. The summed E-state index contributed by atoms with van der Waals surface area (Å²) in [6, 6.07) is -0.633. The summed E-state index contributed by atoms with van der Waals surface area (Å²) in [4.78, 5) is 24.4. The first-order valence-electron chi connectivity index (χ1n) is 27.9. The molecular formula is C58H107NO5. The first-order valence-corrected chi connectivity index (χ1v) is 27.9. The minimum Gasteiger partial charge on any atom is -0.466 e. The van der Waals surface area contributed by atoms with Crippen LogP contribution in [-0.4, -0.2) is 47.4 Å². The molecule has 6 nitrogen and oxygen atoms in total. The molecule has 374 valence electrons. The van der Waals surface area contributed by atoms with Crippen LogP contribution in [-0.2, 0) is 14.3 Å². The fraction of sp³-hybridized carbons (Fsp3) is 0.828. The molecule has 0 saturated heterocycles. The highest BCUT2D eigenvalue weighted by Gasteiger charge is 2.18. The van der Waals surface area contributed by atoms with Crippen molar-refractivity contribution in [2.75, 3.05) is 13.2 Å². The molecular weight excluding hydrogens is 791 g/mol. The maximum absolute atomic E-state index is 12.4. The number of hydrogen-bond donors (Lipinski definition) is 3. The van der Waals surface area contributed by atoms with Crippen molar-refractivity contribution >= 4 is 11.9 Å². The molecule has 1 amide bonds. The summed E-state index contributed by atoms with van der Waals surface area (Å²) in [6.07, 6.45) is 67.1. The summed E-state index contributed by atoms with van der Waals surface area (Å²) >= 11 is 0. The van der Waals surface area contributed by atoms with Crippen LogP contribution < -0.4 is 5.32 Å². The van der Waals surface area contributed by atoms with Gasteiger partial charge >= 0.3 is 5.97 Å². The van der Waals surface area contributed by atoms with Crippen LogP contribution in [0, 0.1) is 0 Å². The van der Waals surface area contributed by atoms with Crippen LogP contribution in [0.3, 0.4) is 0 Å². The van der Waals surface area contributed by atoms with E-state index in [0.717, 1.165) is 57.8 Å². The zero-order valence-corrected chi connectivity index (χ0v) is 42.5. The second-order valence-corrected chi connectivity index (χ2v) is 18.9. The van der Waals surface area contributed by atoms with Crippen molar-refractivity contribution in [3.63, 3.8) is 0 Å². The lowest BCUT2D eigenvalue weighted by Gasteiger charge is -2.20. The molecule has 0 rings (SSSR count). The Morgan fingerprint density at radius 1 is 0.438 bits per heavy atom. The molecule has 0 aliphatic heterocycles. The number of amides is 1. The molecule has 6 heteroatoms. The minimum atomic E-state index is -0.848. The zero-order chi connectivity index (χ0) is 46.5. The van der Waals surface area contributed by atoms with Gasteiger partial charge in [0, 0.05) is 12.8 Å². The predicted octanol–water partition coefficient (Wildman–Crippen LogP) is 17.0. The highest BCUT2D eigenvalue weighted by molar-refractivity contribution is 5.76. The fourth-order valence-electron chi connectivity index (χ4n) is 8.25. The number of carbonyl (C=O) groups is 2. The van der Waals surface area contributed by atoms with Gasteiger partial charge in [-0.3, -0.25) is 9.59 Å². The van der Waals surface area contributed by atoms with Gasteiger partial charge in [-0.1, -0.05) is 229 Å². The van der Waals surface area contributed by atoms with E-state index in [0.29, 0.717) is 19.4 Å². The molecule has 0 aromatic carbocycles. The Balaban J connectivity index is 3.42. The van der Waals surface area contributed by atoms with E-state index in [-0.39, 0.29) is 18.5 Å². The average molecular weight is 898 g/mol. The Kier molecular flexibility index (Phi) is 51.6. The second-order valence-electron chi connectivity index (χ2n) is 18.9. The molecule has 0 spiro atoms. The number of nitrogens with one attached hydrogen (secondary N) is 1. The number of carbonyl (C=O) groups excluding carboxylic acids is 2. The quantitative estimate of drug-likeness (QED) is 0.0321. The lowest BCUT2D eigenvalue weighted by Crippen LogP contribution is -2.45. The molecule has 0 aromatic rings. The first kappa shape index (κ1) is 61.8. The van der Waals surface area contributed by atoms with E-state index in [1.165, 1.54) is 199 Å². The van der Waals surface area contributed by atoms with Gasteiger partial charge in [-0.05, 0) is 89.9 Å². The Morgan fingerprint density at radius 2 is 0.781 bits per heavy atom. The van der Waals surface area contributed by atoms with Gasteiger partial charge in [0.05, 0.1) is 25.4 Å². The summed E-state index contributed by atoms with van der Waals surface area (Å²) in [5, 5.41) is 22.9. The van der Waals surface area contributed by atoms with Crippen molar-refractivity contribution in [2.45, 2.75) is 296 Å². The highest BCUT2D eigenvalue weighted by atomic mass is 16.5. The smallest absolute Gasteiger partial charge is 0.305 e. The van der Waals surface area contributed by atoms with Gasteiger partial charge in [-0.2, -0.15) is 0 Å². The third-order valence-electron chi connectivity index (χ3n) is 12.6. The molecule has 0 saturated carbocycles. The van der Waals surface area contributed by atoms with E-state index in [1.807, 2.05) is 6.08 Å². The Hall–Kier alpha value is -2.18. The maximum Gasteiger partial charge on any atom is 0.305 e. The maximum atomic E-state index is 12.4. The van der Waals surface area contributed by atoms with Crippen molar-refractivity contribution < 1.29 is 24.5 Å². The van der Waals surface area contributed by atoms with E-state index in [2.05, 4.69) is 55.6 Å².